The second-order valence-electron chi connectivity index (χ2n) is 2.03. The molecule has 0 saturated carbocycles. The summed E-state index contributed by atoms with van der Waals surface area (Å²) >= 11 is 11.1. The fourth-order valence-electron chi connectivity index (χ4n) is 0.512. The highest BCUT2D eigenvalue weighted by Gasteiger charge is 1.97. The molecule has 0 aliphatic heterocycles. The number of halogens is 2. The minimum atomic E-state index is 0.240. The van der Waals surface area contributed by atoms with E-state index in [4.69, 9.17) is 23.2 Å². The Morgan fingerprint density at radius 3 is 2.80 bits per heavy atom. The maximum absolute atomic E-state index is 5.82. The highest BCUT2D eigenvalue weighted by Crippen LogP contribution is 1.97. The third-order valence-electron chi connectivity index (χ3n) is 1.16. The fraction of sp³-hybridized carbons (Fsp3) is 0.714. The fourth-order valence-corrected chi connectivity index (χ4v) is 0.710. The Kier molecular flexibility index (Phi) is 7.59. The van der Waals surface area contributed by atoms with Crippen molar-refractivity contribution in [1.82, 2.24) is 5.32 Å². The van der Waals surface area contributed by atoms with Crippen LogP contribution in [0.4, 0.5) is 0 Å². The van der Waals surface area contributed by atoms with Gasteiger partial charge in [-0.2, -0.15) is 0 Å². The van der Waals surface area contributed by atoms with Crippen molar-refractivity contribution in [3.63, 3.8) is 0 Å². The first-order chi connectivity index (χ1) is 4.81. The molecule has 1 N–H and O–H groups in total. The molecular formula is C7H13Cl2N. The van der Waals surface area contributed by atoms with Crippen molar-refractivity contribution >= 4 is 23.2 Å². The van der Waals surface area contributed by atoms with Crippen molar-refractivity contribution in [1.29, 1.82) is 0 Å². The molecule has 0 aliphatic rings. The van der Waals surface area contributed by atoms with Gasteiger partial charge in [-0.3, -0.25) is 0 Å². The maximum atomic E-state index is 5.82. The van der Waals surface area contributed by atoms with E-state index in [1.165, 1.54) is 5.54 Å². The van der Waals surface area contributed by atoms with Gasteiger partial charge in [-0.1, -0.05) is 24.6 Å². The van der Waals surface area contributed by atoms with E-state index in [0.717, 1.165) is 19.5 Å². The summed E-state index contributed by atoms with van der Waals surface area (Å²) in [5.41, 5.74) is 1.50. The summed E-state index contributed by atoms with van der Waals surface area (Å²) in [7, 11) is 0. The molecule has 10 heavy (non-hydrogen) atoms. The largest absolute Gasteiger partial charge is 0.312 e. The van der Waals surface area contributed by atoms with Gasteiger partial charge in [0.15, 0.2) is 0 Å². The molecule has 0 fully saturated rings. The molecule has 0 aromatic heterocycles. The zero-order chi connectivity index (χ0) is 7.82. The number of alkyl halides is 1. The van der Waals surface area contributed by atoms with Crippen LogP contribution in [0.15, 0.2) is 11.6 Å². The second-order valence-corrected chi connectivity index (χ2v) is 2.89. The SMILES string of the molecule is CCC(Cl)CNC/C=C/Cl. The molecule has 0 aromatic rings. The van der Waals surface area contributed by atoms with Gasteiger partial charge in [-0.15, -0.1) is 11.6 Å². The van der Waals surface area contributed by atoms with Crippen LogP contribution in [0.1, 0.15) is 13.3 Å². The molecule has 0 heterocycles. The van der Waals surface area contributed by atoms with E-state index in [0.29, 0.717) is 0 Å². The summed E-state index contributed by atoms with van der Waals surface area (Å²) in [5, 5.41) is 3.37. The summed E-state index contributed by atoms with van der Waals surface area (Å²) in [5.74, 6) is 0. The van der Waals surface area contributed by atoms with Crippen molar-refractivity contribution < 1.29 is 0 Å². The third kappa shape index (κ3) is 6.40. The van der Waals surface area contributed by atoms with Crippen molar-refractivity contribution in [3.8, 4) is 0 Å². The molecule has 0 aliphatic carbocycles. The highest BCUT2D eigenvalue weighted by molar-refractivity contribution is 6.25. The van der Waals surface area contributed by atoms with E-state index >= 15 is 0 Å². The van der Waals surface area contributed by atoms with Gasteiger partial charge >= 0.3 is 0 Å². The third-order valence-corrected chi connectivity index (χ3v) is 1.80. The van der Waals surface area contributed by atoms with Crippen LogP contribution in [0, 0.1) is 0 Å². The zero-order valence-corrected chi connectivity index (χ0v) is 7.62. The Hall–Kier alpha value is 0.280. The number of hydrogen-bond acceptors (Lipinski definition) is 1. The van der Waals surface area contributed by atoms with Gasteiger partial charge in [0.1, 0.15) is 0 Å². The topological polar surface area (TPSA) is 12.0 Å². The van der Waals surface area contributed by atoms with E-state index in [1.807, 2.05) is 6.08 Å². The van der Waals surface area contributed by atoms with Crippen LogP contribution in [-0.2, 0) is 0 Å². The van der Waals surface area contributed by atoms with Crippen LogP contribution in [-0.4, -0.2) is 18.5 Å². The Labute approximate surface area is 72.4 Å². The highest BCUT2D eigenvalue weighted by atomic mass is 35.5. The lowest BCUT2D eigenvalue weighted by Gasteiger charge is -2.04. The molecule has 0 saturated heterocycles. The molecule has 0 bridgehead atoms. The van der Waals surface area contributed by atoms with Crippen LogP contribution in [0.5, 0.6) is 0 Å². The summed E-state index contributed by atoms with van der Waals surface area (Å²) in [6, 6.07) is 0. The minimum Gasteiger partial charge on any atom is -0.312 e. The van der Waals surface area contributed by atoms with Crippen LogP contribution in [0.2, 0.25) is 0 Å². The van der Waals surface area contributed by atoms with Gasteiger partial charge in [-0.05, 0) is 6.42 Å². The van der Waals surface area contributed by atoms with Gasteiger partial charge < -0.3 is 5.32 Å². The smallest absolute Gasteiger partial charge is 0.0458 e. The van der Waals surface area contributed by atoms with Crippen LogP contribution >= 0.6 is 23.2 Å². The van der Waals surface area contributed by atoms with E-state index in [9.17, 15) is 0 Å². The standard InChI is InChI=1S/C7H13Cl2N/c1-2-7(9)6-10-5-3-4-8/h3-4,7,10H,2,5-6H2,1H3/b4-3+. The second kappa shape index (κ2) is 7.39. The Bertz CT molecular complexity index is 93.6. The van der Waals surface area contributed by atoms with E-state index in [2.05, 4.69) is 12.2 Å². The van der Waals surface area contributed by atoms with E-state index in [1.54, 1.807) is 0 Å². The average Bonchev–Trinajstić information content (AvgIpc) is 1.98. The van der Waals surface area contributed by atoms with Gasteiger partial charge in [0.25, 0.3) is 0 Å². The number of nitrogens with one attached hydrogen (secondary N) is 1. The van der Waals surface area contributed by atoms with E-state index in [-0.39, 0.29) is 5.38 Å². The Morgan fingerprint density at radius 2 is 2.30 bits per heavy atom. The lowest BCUT2D eigenvalue weighted by Crippen LogP contribution is -2.22. The molecule has 60 valence electrons. The number of hydrogen-bond donors (Lipinski definition) is 1. The molecule has 1 atom stereocenters. The quantitative estimate of drug-likeness (QED) is 0.508. The van der Waals surface area contributed by atoms with Gasteiger partial charge in [0.2, 0.25) is 0 Å². The average molecular weight is 182 g/mol. The molecule has 0 aromatic carbocycles. The van der Waals surface area contributed by atoms with Gasteiger partial charge in [0, 0.05) is 24.0 Å². The lowest BCUT2D eigenvalue weighted by molar-refractivity contribution is 0.689. The maximum Gasteiger partial charge on any atom is 0.0458 e. The lowest BCUT2D eigenvalue weighted by atomic mass is 10.3. The molecule has 1 nitrogen and oxygen atoms in total. The summed E-state index contributed by atoms with van der Waals surface area (Å²) < 4.78 is 0. The van der Waals surface area contributed by atoms with Crippen molar-refractivity contribution in [2.75, 3.05) is 13.1 Å². The van der Waals surface area contributed by atoms with E-state index < -0.39 is 0 Å². The predicted octanol–water partition coefficient (Wildman–Crippen LogP) is 2.35. The Morgan fingerprint density at radius 1 is 1.60 bits per heavy atom. The predicted molar refractivity (Wildman–Crippen MR) is 47.8 cm³/mol. The van der Waals surface area contributed by atoms with Crippen molar-refractivity contribution in [2.45, 2.75) is 18.7 Å². The molecule has 0 spiro atoms. The Balaban J connectivity index is 3.03. The van der Waals surface area contributed by atoms with Gasteiger partial charge in [-0.25, -0.2) is 0 Å². The van der Waals surface area contributed by atoms with Crippen molar-refractivity contribution in [3.05, 3.63) is 11.6 Å². The summed E-state index contributed by atoms with van der Waals surface area (Å²) in [6.45, 7) is 3.71. The monoisotopic (exact) mass is 181 g/mol. The van der Waals surface area contributed by atoms with Crippen LogP contribution < -0.4 is 5.32 Å². The summed E-state index contributed by atoms with van der Waals surface area (Å²) in [4.78, 5) is 0. The minimum absolute atomic E-state index is 0.240. The normalized spacial score (nSPS) is 14.3. The molecule has 0 amide bonds. The molecule has 1 unspecified atom stereocenters. The van der Waals surface area contributed by atoms with Crippen LogP contribution in [0.25, 0.3) is 0 Å². The summed E-state index contributed by atoms with van der Waals surface area (Å²) in [6.07, 6.45) is 2.85. The first kappa shape index (κ1) is 10.3. The molecular weight excluding hydrogens is 169 g/mol. The first-order valence-electron chi connectivity index (χ1n) is 3.41. The molecule has 0 rings (SSSR count). The molecule has 0 radical (unpaired) electrons. The zero-order valence-electron chi connectivity index (χ0n) is 6.11. The van der Waals surface area contributed by atoms with Gasteiger partial charge in [0.05, 0.1) is 0 Å². The van der Waals surface area contributed by atoms with Crippen molar-refractivity contribution in [2.24, 2.45) is 0 Å². The van der Waals surface area contributed by atoms with Crippen LogP contribution in [0.3, 0.4) is 0 Å². The number of rotatable bonds is 5. The molecule has 3 heteroatoms. The first-order valence-corrected chi connectivity index (χ1v) is 4.28.